The third-order valence-corrected chi connectivity index (χ3v) is 3.51. The molecule has 1 saturated heterocycles. The minimum Gasteiger partial charge on any atom is -0.478 e. The van der Waals surface area contributed by atoms with Gasteiger partial charge in [0.25, 0.3) is 0 Å². The van der Waals surface area contributed by atoms with Crippen LogP contribution in [0.15, 0.2) is 22.7 Å². The third-order valence-electron chi connectivity index (χ3n) is 3.02. The van der Waals surface area contributed by atoms with Crippen LogP contribution < -0.4 is 10.6 Å². The summed E-state index contributed by atoms with van der Waals surface area (Å²) in [7, 11) is 0. The van der Waals surface area contributed by atoms with E-state index >= 15 is 0 Å². The van der Waals surface area contributed by atoms with Crippen LogP contribution in [0.1, 0.15) is 16.8 Å². The molecule has 2 rings (SSSR count). The van der Waals surface area contributed by atoms with Crippen LogP contribution in [0.4, 0.5) is 5.69 Å². The van der Waals surface area contributed by atoms with Crippen molar-refractivity contribution in [3.63, 3.8) is 0 Å². The fourth-order valence-corrected chi connectivity index (χ4v) is 2.45. The number of benzene rings is 1. The molecule has 1 heterocycles. The van der Waals surface area contributed by atoms with E-state index in [0.717, 1.165) is 0 Å². The smallest absolute Gasteiger partial charge is 0.337 e. The summed E-state index contributed by atoms with van der Waals surface area (Å²) in [6.07, 6.45) is 0.381. The number of hydrogen-bond donors (Lipinski definition) is 2. The Morgan fingerprint density at radius 1 is 1.56 bits per heavy atom. The molecule has 1 aliphatic rings. The van der Waals surface area contributed by atoms with Crippen LogP contribution in [0, 0.1) is 5.92 Å². The zero-order chi connectivity index (χ0) is 13.3. The third kappa shape index (κ3) is 2.39. The highest BCUT2D eigenvalue weighted by molar-refractivity contribution is 9.10. The number of amides is 1. The maximum atomic E-state index is 11.9. The van der Waals surface area contributed by atoms with Crippen molar-refractivity contribution in [1.29, 1.82) is 0 Å². The summed E-state index contributed by atoms with van der Waals surface area (Å²) in [6, 6.07) is 4.87. The molecule has 96 valence electrons. The molecule has 1 amide bonds. The fraction of sp³-hybridized carbons (Fsp3) is 0.333. The highest BCUT2D eigenvalue weighted by Gasteiger charge is 2.31. The second-order valence-electron chi connectivity index (χ2n) is 4.28. The van der Waals surface area contributed by atoms with Gasteiger partial charge in [0, 0.05) is 17.4 Å². The van der Waals surface area contributed by atoms with Gasteiger partial charge in [0.05, 0.1) is 11.3 Å². The lowest BCUT2D eigenvalue weighted by molar-refractivity contribution is -0.117. The summed E-state index contributed by atoms with van der Waals surface area (Å²) >= 11 is 3.23. The molecule has 0 aromatic heterocycles. The number of carbonyl (C=O) groups is 2. The quantitative estimate of drug-likeness (QED) is 0.885. The molecule has 1 aliphatic heterocycles. The zero-order valence-electron chi connectivity index (χ0n) is 9.60. The first kappa shape index (κ1) is 13.0. The summed E-state index contributed by atoms with van der Waals surface area (Å²) in [4.78, 5) is 24.6. The Kier molecular flexibility index (Phi) is 3.68. The van der Waals surface area contributed by atoms with Gasteiger partial charge in [-0.05, 0) is 30.7 Å². The Morgan fingerprint density at radius 2 is 2.28 bits per heavy atom. The molecule has 0 spiro atoms. The first-order valence-electron chi connectivity index (χ1n) is 5.56. The SMILES string of the molecule is NCC1CC(=O)N(c2ccc(Br)cc2C(=O)O)C1. The minimum absolute atomic E-state index is 0.0738. The summed E-state index contributed by atoms with van der Waals surface area (Å²) in [5.74, 6) is -1.02. The van der Waals surface area contributed by atoms with Gasteiger partial charge >= 0.3 is 5.97 Å². The first-order valence-corrected chi connectivity index (χ1v) is 6.35. The lowest BCUT2D eigenvalue weighted by atomic mass is 10.1. The molecular weight excluding hydrogens is 300 g/mol. The maximum absolute atomic E-state index is 11.9. The predicted octanol–water partition coefficient (Wildman–Crippen LogP) is 1.46. The molecule has 0 aliphatic carbocycles. The largest absolute Gasteiger partial charge is 0.478 e. The van der Waals surface area contributed by atoms with Crippen molar-refractivity contribution in [2.24, 2.45) is 11.7 Å². The molecule has 1 fully saturated rings. The molecule has 5 nitrogen and oxygen atoms in total. The molecule has 0 radical (unpaired) electrons. The topological polar surface area (TPSA) is 83.6 Å². The number of halogens is 1. The van der Waals surface area contributed by atoms with E-state index in [4.69, 9.17) is 5.73 Å². The van der Waals surface area contributed by atoms with Crippen LogP contribution in [0.2, 0.25) is 0 Å². The molecule has 18 heavy (non-hydrogen) atoms. The Hall–Kier alpha value is -1.40. The number of aromatic carboxylic acids is 1. The number of rotatable bonds is 3. The average Bonchev–Trinajstić information content (AvgIpc) is 2.70. The average molecular weight is 313 g/mol. The van der Waals surface area contributed by atoms with Gasteiger partial charge in [0.1, 0.15) is 0 Å². The highest BCUT2D eigenvalue weighted by atomic mass is 79.9. The van der Waals surface area contributed by atoms with Crippen LogP contribution >= 0.6 is 15.9 Å². The van der Waals surface area contributed by atoms with Gasteiger partial charge in [-0.3, -0.25) is 4.79 Å². The summed E-state index contributed by atoms with van der Waals surface area (Å²) in [5.41, 5.74) is 6.11. The van der Waals surface area contributed by atoms with Crippen molar-refractivity contribution in [3.8, 4) is 0 Å². The standard InChI is InChI=1S/C12H13BrN2O3/c13-8-1-2-10(9(4-8)12(17)18)15-6-7(5-14)3-11(15)16/h1-2,4,7H,3,5-6,14H2,(H,17,18). The molecule has 1 aromatic rings. The van der Waals surface area contributed by atoms with Gasteiger partial charge in [0.2, 0.25) is 5.91 Å². The number of nitrogens with two attached hydrogens (primary N) is 1. The Morgan fingerprint density at radius 3 is 2.83 bits per heavy atom. The molecule has 0 bridgehead atoms. The van der Waals surface area contributed by atoms with Crippen LogP contribution in [0.3, 0.4) is 0 Å². The molecule has 3 N–H and O–H groups in total. The van der Waals surface area contributed by atoms with E-state index in [1.54, 1.807) is 12.1 Å². The van der Waals surface area contributed by atoms with Gasteiger partial charge in [-0.2, -0.15) is 0 Å². The molecular formula is C12H13BrN2O3. The van der Waals surface area contributed by atoms with Crippen molar-refractivity contribution in [2.75, 3.05) is 18.0 Å². The van der Waals surface area contributed by atoms with E-state index in [1.165, 1.54) is 11.0 Å². The van der Waals surface area contributed by atoms with Crippen molar-refractivity contribution in [2.45, 2.75) is 6.42 Å². The Balaban J connectivity index is 2.39. The Bertz CT molecular complexity index is 504. The number of nitrogens with zero attached hydrogens (tertiary/aromatic N) is 1. The van der Waals surface area contributed by atoms with E-state index in [9.17, 15) is 14.7 Å². The van der Waals surface area contributed by atoms with Gasteiger partial charge in [0.15, 0.2) is 0 Å². The van der Waals surface area contributed by atoms with Crippen LogP contribution in [0.25, 0.3) is 0 Å². The maximum Gasteiger partial charge on any atom is 0.337 e. The van der Waals surface area contributed by atoms with Crippen LogP contribution in [-0.2, 0) is 4.79 Å². The van der Waals surface area contributed by atoms with Crippen molar-refractivity contribution < 1.29 is 14.7 Å². The van der Waals surface area contributed by atoms with E-state index in [0.29, 0.717) is 29.7 Å². The minimum atomic E-state index is -1.05. The number of anilines is 1. The van der Waals surface area contributed by atoms with Gasteiger partial charge in [-0.25, -0.2) is 4.79 Å². The van der Waals surface area contributed by atoms with E-state index in [1.807, 2.05) is 0 Å². The summed E-state index contributed by atoms with van der Waals surface area (Å²) in [5, 5.41) is 9.18. The number of carboxylic acid groups (broad SMARTS) is 1. The molecule has 1 unspecified atom stereocenters. The van der Waals surface area contributed by atoms with Gasteiger partial charge < -0.3 is 15.7 Å². The lowest BCUT2D eigenvalue weighted by Crippen LogP contribution is -2.27. The second-order valence-corrected chi connectivity index (χ2v) is 5.19. The molecule has 1 aromatic carbocycles. The lowest BCUT2D eigenvalue weighted by Gasteiger charge is -2.19. The zero-order valence-corrected chi connectivity index (χ0v) is 11.2. The van der Waals surface area contributed by atoms with Crippen molar-refractivity contribution in [3.05, 3.63) is 28.2 Å². The van der Waals surface area contributed by atoms with Gasteiger partial charge in [-0.1, -0.05) is 15.9 Å². The molecule has 1 atom stereocenters. The van der Waals surface area contributed by atoms with E-state index in [2.05, 4.69) is 15.9 Å². The fourth-order valence-electron chi connectivity index (χ4n) is 2.09. The monoisotopic (exact) mass is 312 g/mol. The molecule has 0 saturated carbocycles. The first-order chi connectivity index (χ1) is 8.52. The van der Waals surface area contributed by atoms with Crippen LogP contribution in [0.5, 0.6) is 0 Å². The summed E-state index contributed by atoms with van der Waals surface area (Å²) < 4.78 is 0.672. The van der Waals surface area contributed by atoms with E-state index < -0.39 is 5.97 Å². The normalized spacial score (nSPS) is 19.3. The second kappa shape index (κ2) is 5.07. The number of carbonyl (C=O) groups excluding carboxylic acids is 1. The summed E-state index contributed by atoms with van der Waals surface area (Å²) in [6.45, 7) is 0.915. The van der Waals surface area contributed by atoms with Crippen LogP contribution in [-0.4, -0.2) is 30.1 Å². The van der Waals surface area contributed by atoms with Crippen molar-refractivity contribution in [1.82, 2.24) is 0 Å². The highest BCUT2D eigenvalue weighted by Crippen LogP contribution is 2.29. The Labute approximate surface area is 113 Å². The number of hydrogen-bond acceptors (Lipinski definition) is 3. The van der Waals surface area contributed by atoms with Crippen molar-refractivity contribution >= 4 is 33.5 Å². The number of carboxylic acids is 1. The predicted molar refractivity (Wildman–Crippen MR) is 70.6 cm³/mol. The van der Waals surface area contributed by atoms with E-state index in [-0.39, 0.29) is 17.4 Å². The molecule has 6 heteroatoms. The van der Waals surface area contributed by atoms with Gasteiger partial charge in [-0.15, -0.1) is 0 Å².